The Balaban J connectivity index is 2.28. The summed E-state index contributed by atoms with van der Waals surface area (Å²) in [6.45, 7) is 3.00. The Kier molecular flexibility index (Phi) is 8.68. The van der Waals surface area contributed by atoms with Crippen LogP contribution in [0.2, 0.25) is 0 Å². The van der Waals surface area contributed by atoms with Crippen molar-refractivity contribution in [1.29, 1.82) is 0 Å². The highest BCUT2D eigenvalue weighted by atomic mass is 32.2. The minimum atomic E-state index is -0.263. The van der Waals surface area contributed by atoms with Gasteiger partial charge in [0.25, 0.3) is 0 Å². The van der Waals surface area contributed by atoms with Crippen molar-refractivity contribution in [3.8, 4) is 0 Å². The molecule has 104 valence electrons. The molecule has 1 saturated heterocycles. The van der Waals surface area contributed by atoms with Crippen LogP contribution in [0.3, 0.4) is 0 Å². The molecule has 4 heteroatoms. The number of halogens is 1. The molecule has 0 aromatic rings. The molecular formula is C14H24FNS2. The van der Waals surface area contributed by atoms with Crippen LogP contribution in [0.5, 0.6) is 0 Å². The van der Waals surface area contributed by atoms with Crippen molar-refractivity contribution in [1.82, 2.24) is 4.90 Å². The van der Waals surface area contributed by atoms with Crippen LogP contribution in [0.1, 0.15) is 39.0 Å². The summed E-state index contributed by atoms with van der Waals surface area (Å²) in [5, 5.41) is 0. The van der Waals surface area contributed by atoms with E-state index >= 15 is 0 Å². The monoisotopic (exact) mass is 289 g/mol. The molecule has 1 aliphatic heterocycles. The van der Waals surface area contributed by atoms with Gasteiger partial charge in [-0.05, 0) is 25.0 Å². The lowest BCUT2D eigenvalue weighted by Crippen LogP contribution is -2.32. The Hall–Kier alpha value is -0.0900. The number of likely N-dealkylation sites (tertiary alicyclic amines) is 1. The molecule has 1 atom stereocenters. The highest BCUT2D eigenvalue weighted by Crippen LogP contribution is 2.22. The lowest BCUT2D eigenvalue weighted by Gasteiger charge is -2.24. The van der Waals surface area contributed by atoms with Gasteiger partial charge in [0.2, 0.25) is 0 Å². The third-order valence-electron chi connectivity index (χ3n) is 3.13. The smallest absolute Gasteiger partial charge is 0.0928 e. The minimum absolute atomic E-state index is 0.263. The first-order valence-corrected chi connectivity index (χ1v) is 8.45. The van der Waals surface area contributed by atoms with Crippen LogP contribution in [-0.4, -0.2) is 40.7 Å². The zero-order valence-corrected chi connectivity index (χ0v) is 12.9. The largest absolute Gasteiger partial charge is 0.359 e. The summed E-state index contributed by atoms with van der Waals surface area (Å²) in [5.41, 5.74) is 0. The lowest BCUT2D eigenvalue weighted by molar-refractivity contribution is 0.411. The first-order valence-electron chi connectivity index (χ1n) is 6.89. The summed E-state index contributed by atoms with van der Waals surface area (Å²) < 4.78 is 12.1. The quantitative estimate of drug-likeness (QED) is 0.355. The predicted molar refractivity (Wildman–Crippen MR) is 84.3 cm³/mol. The third-order valence-corrected chi connectivity index (χ3v) is 4.61. The van der Waals surface area contributed by atoms with Crippen LogP contribution in [0.25, 0.3) is 0 Å². The molecule has 0 bridgehead atoms. The molecular weight excluding hydrogens is 265 g/mol. The van der Waals surface area contributed by atoms with Crippen LogP contribution < -0.4 is 0 Å². The Bertz CT molecular complexity index is 269. The average Bonchev–Trinajstić information content (AvgIpc) is 2.71. The van der Waals surface area contributed by atoms with Crippen molar-refractivity contribution in [3.63, 3.8) is 0 Å². The summed E-state index contributed by atoms with van der Waals surface area (Å²) in [4.78, 5) is 3.41. The molecule has 0 saturated carbocycles. The molecule has 1 aliphatic rings. The molecule has 0 aromatic carbocycles. The van der Waals surface area contributed by atoms with Gasteiger partial charge in [0, 0.05) is 24.8 Å². The fourth-order valence-electron chi connectivity index (χ4n) is 2.07. The maximum Gasteiger partial charge on any atom is 0.0928 e. The van der Waals surface area contributed by atoms with Crippen LogP contribution in [0.4, 0.5) is 4.39 Å². The van der Waals surface area contributed by atoms with Gasteiger partial charge in [-0.15, -0.1) is 0 Å². The maximum absolute atomic E-state index is 12.1. The Morgan fingerprint density at radius 1 is 1.50 bits per heavy atom. The number of hydrogen-bond acceptors (Lipinski definition) is 2. The summed E-state index contributed by atoms with van der Waals surface area (Å²) >= 11 is 7.42. The topological polar surface area (TPSA) is 3.24 Å². The Morgan fingerprint density at radius 2 is 2.33 bits per heavy atom. The van der Waals surface area contributed by atoms with E-state index in [9.17, 15) is 4.39 Å². The van der Waals surface area contributed by atoms with E-state index in [0.717, 1.165) is 30.1 Å². The zero-order valence-electron chi connectivity index (χ0n) is 11.2. The molecule has 1 nitrogen and oxygen atoms in total. The molecule has 1 heterocycles. The van der Waals surface area contributed by atoms with E-state index in [2.05, 4.69) is 17.9 Å². The van der Waals surface area contributed by atoms with Crippen molar-refractivity contribution in [2.75, 3.05) is 24.7 Å². The van der Waals surface area contributed by atoms with Gasteiger partial charge in [-0.25, -0.2) is 0 Å². The summed E-state index contributed by atoms with van der Waals surface area (Å²) in [6, 6.07) is 0.413. The Morgan fingerprint density at radius 3 is 3.06 bits per heavy atom. The highest BCUT2D eigenvalue weighted by Gasteiger charge is 2.25. The predicted octanol–water partition coefficient (Wildman–Crippen LogP) is 4.23. The normalized spacial score (nSPS) is 20.2. The van der Waals surface area contributed by atoms with Crippen molar-refractivity contribution in [2.45, 2.75) is 45.1 Å². The molecule has 0 aliphatic carbocycles. The molecule has 0 aromatic heterocycles. The molecule has 0 spiro atoms. The first-order chi connectivity index (χ1) is 8.79. The number of unbranched alkanes of at least 4 members (excludes halogenated alkanes) is 1. The number of thiocarbonyl (C=S) groups is 1. The Labute approximate surface area is 120 Å². The van der Waals surface area contributed by atoms with Gasteiger partial charge >= 0.3 is 0 Å². The molecule has 0 N–H and O–H groups in total. The van der Waals surface area contributed by atoms with Gasteiger partial charge in [-0.1, -0.05) is 37.7 Å². The second-order valence-corrected chi connectivity index (χ2v) is 6.26. The van der Waals surface area contributed by atoms with Gasteiger partial charge < -0.3 is 4.90 Å². The lowest BCUT2D eigenvalue weighted by atomic mass is 10.2. The molecule has 0 amide bonds. The van der Waals surface area contributed by atoms with Crippen molar-refractivity contribution < 1.29 is 4.39 Å². The number of nitrogens with zero attached hydrogens (tertiary/aromatic N) is 1. The van der Waals surface area contributed by atoms with Gasteiger partial charge in [-0.3, -0.25) is 4.39 Å². The summed E-state index contributed by atoms with van der Waals surface area (Å²) in [5.74, 6) is 2.40. The molecule has 1 rings (SSSR count). The third kappa shape index (κ3) is 5.70. The number of allylic oxidation sites excluding steroid dienone is 1. The molecule has 1 unspecified atom stereocenters. The van der Waals surface area contributed by atoms with E-state index in [-0.39, 0.29) is 6.67 Å². The van der Waals surface area contributed by atoms with E-state index in [1.807, 2.05) is 17.8 Å². The maximum atomic E-state index is 12.1. The van der Waals surface area contributed by atoms with Crippen molar-refractivity contribution >= 4 is 29.0 Å². The highest BCUT2D eigenvalue weighted by molar-refractivity contribution is 7.99. The number of rotatable bonds is 9. The van der Waals surface area contributed by atoms with Crippen molar-refractivity contribution in [3.05, 3.63) is 12.2 Å². The van der Waals surface area contributed by atoms with Crippen LogP contribution in [0.15, 0.2) is 12.2 Å². The fourth-order valence-corrected chi connectivity index (χ4v) is 3.44. The second kappa shape index (κ2) is 9.79. The number of hydrogen-bond donors (Lipinski definition) is 0. The average molecular weight is 289 g/mol. The van der Waals surface area contributed by atoms with Gasteiger partial charge in [-0.2, -0.15) is 11.8 Å². The standard InChI is InChI=1S/C14H24FNS2/c1-2-3-11-18-12-10-16-13(6-4-5-9-15)7-8-14(16)17/h4,6,13H,2-3,5,7-12H2,1H3/b6-4+. The molecule has 0 radical (unpaired) electrons. The van der Waals surface area contributed by atoms with Gasteiger partial charge in [0.15, 0.2) is 0 Å². The minimum Gasteiger partial charge on any atom is -0.359 e. The van der Waals surface area contributed by atoms with E-state index in [4.69, 9.17) is 12.2 Å². The summed E-state index contributed by atoms with van der Waals surface area (Å²) in [6.07, 6.45) is 9.30. The van der Waals surface area contributed by atoms with Crippen LogP contribution >= 0.6 is 24.0 Å². The molecule has 1 fully saturated rings. The first kappa shape index (κ1) is 16.0. The second-order valence-electron chi connectivity index (χ2n) is 4.56. The SMILES string of the molecule is CCCCSCCN1C(=S)CCC1/C=C/CCF. The number of thioether (sulfide) groups is 1. The van der Waals surface area contributed by atoms with E-state index in [1.165, 1.54) is 18.6 Å². The van der Waals surface area contributed by atoms with Crippen LogP contribution in [0, 0.1) is 0 Å². The number of alkyl halides is 1. The summed E-state index contributed by atoms with van der Waals surface area (Å²) in [7, 11) is 0. The fraction of sp³-hybridized carbons (Fsp3) is 0.786. The van der Waals surface area contributed by atoms with Crippen molar-refractivity contribution in [2.24, 2.45) is 0 Å². The molecule has 18 heavy (non-hydrogen) atoms. The zero-order chi connectivity index (χ0) is 13.2. The van der Waals surface area contributed by atoms with E-state index in [0.29, 0.717) is 12.5 Å². The van der Waals surface area contributed by atoms with Gasteiger partial charge in [0.1, 0.15) is 0 Å². The van der Waals surface area contributed by atoms with E-state index in [1.54, 1.807) is 0 Å². The van der Waals surface area contributed by atoms with E-state index < -0.39 is 0 Å². The van der Waals surface area contributed by atoms with Crippen LogP contribution in [-0.2, 0) is 0 Å². The van der Waals surface area contributed by atoms with Gasteiger partial charge in [0.05, 0.1) is 11.7 Å².